The van der Waals surface area contributed by atoms with Gasteiger partial charge in [-0.1, -0.05) is 12.1 Å². The van der Waals surface area contributed by atoms with Crippen LogP contribution in [0.4, 0.5) is 14.9 Å². The van der Waals surface area contributed by atoms with Crippen molar-refractivity contribution >= 4 is 11.7 Å². The van der Waals surface area contributed by atoms with Gasteiger partial charge in [-0.25, -0.2) is 9.18 Å². The molecule has 0 saturated carbocycles. The normalized spacial score (nSPS) is 19.6. The summed E-state index contributed by atoms with van der Waals surface area (Å²) in [5.41, 5.74) is 1.10. The molecular weight excluding hydrogens is 501 g/mol. The summed E-state index contributed by atoms with van der Waals surface area (Å²) in [5.74, 6) is 0.435. The van der Waals surface area contributed by atoms with E-state index < -0.39 is 11.3 Å². The third-order valence-corrected chi connectivity index (χ3v) is 7.40. The average Bonchev–Trinajstić information content (AvgIpc) is 3.59. The van der Waals surface area contributed by atoms with Gasteiger partial charge >= 0.3 is 6.03 Å². The quantitative estimate of drug-likeness (QED) is 0.365. The maximum atomic E-state index is 13.1. The Morgan fingerprint density at radius 2 is 1.49 bits per heavy atom. The van der Waals surface area contributed by atoms with Gasteiger partial charge in [-0.05, 0) is 122 Å². The highest BCUT2D eigenvalue weighted by atomic mass is 19.1. The summed E-state index contributed by atoms with van der Waals surface area (Å²) >= 11 is 0. The Morgan fingerprint density at radius 1 is 0.923 bits per heavy atom. The molecule has 1 fully saturated rings. The molecule has 3 aliphatic rings. The number of nitrogens with zero attached hydrogens (tertiary/aromatic N) is 9. The highest BCUT2D eigenvalue weighted by Crippen LogP contribution is 2.39. The van der Waals surface area contributed by atoms with E-state index in [1.54, 1.807) is 26.0 Å². The van der Waals surface area contributed by atoms with E-state index in [2.05, 4.69) is 56.9 Å². The zero-order chi connectivity index (χ0) is 27.3. The number of likely N-dealkylation sites (tertiary alicyclic amines) is 1. The van der Waals surface area contributed by atoms with Crippen LogP contribution in [0.2, 0.25) is 0 Å². The van der Waals surface area contributed by atoms with Crippen LogP contribution in [0.3, 0.4) is 0 Å². The smallest absolute Gasteiger partial charge is 0.319 e. The van der Waals surface area contributed by atoms with Gasteiger partial charge in [0.1, 0.15) is 5.82 Å². The van der Waals surface area contributed by atoms with Crippen LogP contribution < -0.4 is 10.6 Å². The molecule has 2 N–H and O–H groups in total. The Kier molecular flexibility index (Phi) is 7.77. The number of amides is 2. The first kappa shape index (κ1) is 26.6. The van der Waals surface area contributed by atoms with Crippen molar-refractivity contribution in [2.24, 2.45) is 47.3 Å². The van der Waals surface area contributed by atoms with Gasteiger partial charge in [0.2, 0.25) is 11.3 Å². The Bertz CT molecular complexity index is 1220. The van der Waals surface area contributed by atoms with Gasteiger partial charge in [0, 0.05) is 23.4 Å². The maximum Gasteiger partial charge on any atom is 0.319 e. The van der Waals surface area contributed by atoms with E-state index in [4.69, 9.17) is 0 Å². The van der Waals surface area contributed by atoms with Crippen molar-refractivity contribution < 1.29 is 9.18 Å². The number of anilines is 1. The highest BCUT2D eigenvalue weighted by molar-refractivity contribution is 5.89. The van der Waals surface area contributed by atoms with Crippen molar-refractivity contribution in [2.45, 2.75) is 50.9 Å². The minimum absolute atomic E-state index is 0.190. The summed E-state index contributed by atoms with van der Waals surface area (Å²) in [7, 11) is 0. The lowest BCUT2D eigenvalue weighted by atomic mass is 9.90. The first-order valence-electron chi connectivity index (χ1n) is 13.2. The molecule has 0 aliphatic carbocycles. The molecule has 204 valence electrons. The van der Waals surface area contributed by atoms with E-state index in [0.29, 0.717) is 29.3 Å². The molecule has 2 aromatic carbocycles. The molecule has 5 rings (SSSR count). The lowest BCUT2D eigenvalue weighted by Gasteiger charge is -2.32. The van der Waals surface area contributed by atoms with Crippen LogP contribution in [0.1, 0.15) is 49.8 Å². The summed E-state index contributed by atoms with van der Waals surface area (Å²) < 4.78 is 13.1. The Labute approximate surface area is 225 Å². The van der Waals surface area contributed by atoms with Crippen molar-refractivity contribution in [3.63, 3.8) is 0 Å². The number of carbonyl (C=O) groups excluding carboxylic acids is 1. The zero-order valence-electron chi connectivity index (χ0n) is 22.1. The van der Waals surface area contributed by atoms with Gasteiger partial charge in [-0.2, -0.15) is 0 Å². The number of nitrogens with one attached hydrogen (secondary N) is 2. The van der Waals surface area contributed by atoms with Crippen LogP contribution in [0.25, 0.3) is 0 Å². The summed E-state index contributed by atoms with van der Waals surface area (Å²) in [6.45, 7) is 7.10. The molecule has 0 aromatic heterocycles. The van der Waals surface area contributed by atoms with Gasteiger partial charge in [-0.15, -0.1) is 20.5 Å². The molecule has 0 spiro atoms. The van der Waals surface area contributed by atoms with E-state index in [1.807, 2.05) is 18.2 Å². The molecular formula is C26H32FN11O. The van der Waals surface area contributed by atoms with Gasteiger partial charge in [0.15, 0.2) is 0 Å². The zero-order valence-corrected chi connectivity index (χ0v) is 22.1. The third-order valence-electron chi connectivity index (χ3n) is 7.40. The number of carbonyl (C=O) groups is 1. The molecule has 2 amide bonds. The molecule has 2 aromatic rings. The van der Waals surface area contributed by atoms with Crippen LogP contribution in [0.5, 0.6) is 0 Å². The second-order valence-electron chi connectivity index (χ2n) is 10.4. The monoisotopic (exact) mass is 533 g/mol. The summed E-state index contributed by atoms with van der Waals surface area (Å²) in [6.07, 6.45) is 4.09. The second-order valence-corrected chi connectivity index (χ2v) is 10.4. The van der Waals surface area contributed by atoms with Crippen LogP contribution in [0.15, 0.2) is 83.8 Å². The van der Waals surface area contributed by atoms with E-state index in [1.165, 1.54) is 17.7 Å². The Hall–Kier alpha value is -4.00. The standard InChI is InChI=1S/C26H32FN11O/c1-25(30-34-35-31-25)20-15-21(26(2)32-36-37-33-26)17-23(16-20)29-24(39)28-10-3-11-38-12-8-19(9-13-38)14-18-4-6-22(27)7-5-18/h4-7,15-17,19H,3,8-14H2,1-2H3,(H2,28,29,39). The molecule has 39 heavy (non-hydrogen) atoms. The van der Waals surface area contributed by atoms with Crippen LogP contribution in [-0.2, 0) is 17.7 Å². The molecule has 0 unspecified atom stereocenters. The van der Waals surface area contributed by atoms with Crippen LogP contribution in [-0.4, -0.2) is 37.1 Å². The largest absolute Gasteiger partial charge is 0.338 e. The van der Waals surface area contributed by atoms with Gasteiger partial charge < -0.3 is 15.5 Å². The predicted molar refractivity (Wildman–Crippen MR) is 141 cm³/mol. The van der Waals surface area contributed by atoms with Crippen molar-refractivity contribution in [2.75, 3.05) is 31.5 Å². The third kappa shape index (κ3) is 6.53. The minimum Gasteiger partial charge on any atom is -0.338 e. The second kappa shape index (κ2) is 11.4. The number of benzene rings is 2. The lowest BCUT2D eigenvalue weighted by Crippen LogP contribution is -2.37. The lowest BCUT2D eigenvalue weighted by molar-refractivity contribution is 0.182. The van der Waals surface area contributed by atoms with E-state index in [-0.39, 0.29) is 11.8 Å². The van der Waals surface area contributed by atoms with E-state index >= 15 is 0 Å². The number of piperidine rings is 1. The predicted octanol–water partition coefficient (Wildman–Crippen LogP) is 6.30. The average molecular weight is 534 g/mol. The summed E-state index contributed by atoms with van der Waals surface area (Å²) in [6, 6.07) is 11.9. The minimum atomic E-state index is -1.00. The number of hydrogen-bond acceptors (Lipinski definition) is 10. The topological polar surface area (TPSA) is 143 Å². The van der Waals surface area contributed by atoms with Crippen molar-refractivity contribution in [3.05, 3.63) is 65.0 Å². The van der Waals surface area contributed by atoms with E-state index in [0.717, 1.165) is 45.3 Å². The molecule has 12 nitrogen and oxygen atoms in total. The van der Waals surface area contributed by atoms with Gasteiger partial charge in [0.25, 0.3) is 0 Å². The van der Waals surface area contributed by atoms with Gasteiger partial charge in [-0.3, -0.25) is 0 Å². The molecule has 3 aliphatic heterocycles. The molecule has 0 atom stereocenters. The highest BCUT2D eigenvalue weighted by Gasteiger charge is 2.35. The van der Waals surface area contributed by atoms with Crippen molar-refractivity contribution in [1.29, 1.82) is 0 Å². The molecule has 3 heterocycles. The first-order chi connectivity index (χ1) is 18.8. The Morgan fingerprint density at radius 3 is 2.05 bits per heavy atom. The summed E-state index contributed by atoms with van der Waals surface area (Å²) in [4.78, 5) is 15.1. The Balaban J connectivity index is 1.09. The van der Waals surface area contributed by atoms with Gasteiger partial charge in [0.05, 0.1) is 0 Å². The fourth-order valence-electron chi connectivity index (χ4n) is 4.99. The van der Waals surface area contributed by atoms with Crippen molar-refractivity contribution in [1.82, 2.24) is 10.2 Å². The van der Waals surface area contributed by atoms with Crippen molar-refractivity contribution in [3.8, 4) is 0 Å². The maximum absolute atomic E-state index is 13.1. The first-order valence-corrected chi connectivity index (χ1v) is 13.2. The molecule has 13 heteroatoms. The van der Waals surface area contributed by atoms with E-state index in [9.17, 15) is 9.18 Å². The summed E-state index contributed by atoms with van der Waals surface area (Å²) in [5, 5.41) is 36.9. The number of urea groups is 1. The number of hydrogen-bond donors (Lipinski definition) is 2. The molecule has 0 radical (unpaired) electrons. The number of rotatable bonds is 9. The fraction of sp³-hybridized carbons (Fsp3) is 0.500. The molecule has 0 bridgehead atoms. The van der Waals surface area contributed by atoms with Crippen LogP contribution >= 0.6 is 0 Å². The number of halogens is 1. The SMILES string of the molecule is CC1(c2cc(NC(=O)NCCCN3CCC(Cc4ccc(F)cc4)CC3)cc(C3(C)N=NN=N3)c2)N=NN=N1. The van der Waals surface area contributed by atoms with Crippen LogP contribution in [0, 0.1) is 11.7 Å². The fourth-order valence-corrected chi connectivity index (χ4v) is 4.99. The molecule has 1 saturated heterocycles.